The van der Waals surface area contributed by atoms with E-state index in [0.29, 0.717) is 29.7 Å². The predicted octanol–water partition coefficient (Wildman–Crippen LogP) is 2.92. The Morgan fingerprint density at radius 3 is 2.77 bits per heavy atom. The average Bonchev–Trinajstić information content (AvgIpc) is 2.85. The number of aromatic nitrogens is 3. The van der Waals surface area contributed by atoms with Crippen LogP contribution in [0.1, 0.15) is 26.3 Å². The second-order valence-corrected chi connectivity index (χ2v) is 8.58. The van der Waals surface area contributed by atoms with Gasteiger partial charge in [-0.15, -0.1) is 0 Å². The average molecular weight is 342 g/mol. The van der Waals surface area contributed by atoms with E-state index < -0.39 is 9.73 Å². The molecule has 2 aromatic rings. The SMILES string of the molecule is CCC(C)n1nc(N2CCS(=N)(=O)CC2)c2cnc(Cl)cc21. The van der Waals surface area contributed by atoms with Gasteiger partial charge in [0, 0.05) is 52.6 Å². The van der Waals surface area contributed by atoms with Gasteiger partial charge < -0.3 is 4.90 Å². The lowest BCUT2D eigenvalue weighted by molar-refractivity contribution is 0.492. The van der Waals surface area contributed by atoms with E-state index in [0.717, 1.165) is 23.1 Å². The summed E-state index contributed by atoms with van der Waals surface area (Å²) in [6.07, 6.45) is 2.72. The van der Waals surface area contributed by atoms with Crippen LogP contribution in [0.25, 0.3) is 10.9 Å². The van der Waals surface area contributed by atoms with Crippen LogP contribution in [-0.4, -0.2) is 43.6 Å². The van der Waals surface area contributed by atoms with Gasteiger partial charge in [0.1, 0.15) is 5.15 Å². The van der Waals surface area contributed by atoms with Crippen molar-refractivity contribution in [2.45, 2.75) is 26.3 Å². The topological polar surface area (TPSA) is 74.9 Å². The highest BCUT2D eigenvalue weighted by molar-refractivity contribution is 7.92. The van der Waals surface area contributed by atoms with Crippen LogP contribution < -0.4 is 4.90 Å². The van der Waals surface area contributed by atoms with Gasteiger partial charge in [0.15, 0.2) is 5.82 Å². The zero-order valence-corrected chi connectivity index (χ0v) is 14.3. The van der Waals surface area contributed by atoms with Gasteiger partial charge in [-0.05, 0) is 13.3 Å². The maximum Gasteiger partial charge on any atom is 0.160 e. The van der Waals surface area contributed by atoms with E-state index in [1.807, 2.05) is 10.7 Å². The van der Waals surface area contributed by atoms with Gasteiger partial charge in [-0.1, -0.05) is 18.5 Å². The molecule has 0 aliphatic carbocycles. The van der Waals surface area contributed by atoms with Crippen molar-refractivity contribution in [3.63, 3.8) is 0 Å². The van der Waals surface area contributed by atoms with Gasteiger partial charge in [0.05, 0.1) is 10.9 Å². The first-order valence-electron chi connectivity index (χ1n) is 7.44. The summed E-state index contributed by atoms with van der Waals surface area (Å²) < 4.78 is 21.5. The highest BCUT2D eigenvalue weighted by atomic mass is 35.5. The fraction of sp³-hybridized carbons (Fsp3) is 0.571. The molecule has 3 rings (SSSR count). The smallest absolute Gasteiger partial charge is 0.160 e. The number of anilines is 1. The fourth-order valence-electron chi connectivity index (χ4n) is 2.68. The fourth-order valence-corrected chi connectivity index (χ4v) is 4.06. The monoisotopic (exact) mass is 341 g/mol. The van der Waals surface area contributed by atoms with E-state index in [1.54, 1.807) is 6.20 Å². The molecule has 2 aromatic heterocycles. The summed E-state index contributed by atoms with van der Waals surface area (Å²) in [6.45, 7) is 5.43. The van der Waals surface area contributed by atoms with Crippen LogP contribution in [0.15, 0.2) is 12.3 Å². The van der Waals surface area contributed by atoms with E-state index >= 15 is 0 Å². The van der Waals surface area contributed by atoms with Crippen LogP contribution in [0.2, 0.25) is 5.15 Å². The molecule has 1 fully saturated rings. The van der Waals surface area contributed by atoms with Crippen molar-refractivity contribution < 1.29 is 4.21 Å². The molecule has 0 saturated carbocycles. The van der Waals surface area contributed by atoms with E-state index in [4.69, 9.17) is 21.5 Å². The molecule has 8 heteroatoms. The summed E-state index contributed by atoms with van der Waals surface area (Å²) >= 11 is 6.04. The molecule has 1 atom stereocenters. The van der Waals surface area contributed by atoms with E-state index in [1.165, 1.54) is 0 Å². The van der Waals surface area contributed by atoms with Crippen molar-refractivity contribution in [1.82, 2.24) is 14.8 Å². The summed E-state index contributed by atoms with van der Waals surface area (Å²) in [7, 11) is -2.41. The van der Waals surface area contributed by atoms with E-state index in [9.17, 15) is 4.21 Å². The van der Waals surface area contributed by atoms with E-state index in [-0.39, 0.29) is 6.04 Å². The maximum atomic E-state index is 11.8. The molecular formula is C14H20ClN5OS. The minimum Gasteiger partial charge on any atom is -0.353 e. The Morgan fingerprint density at radius 1 is 1.45 bits per heavy atom. The Bertz CT molecular complexity index is 787. The summed E-state index contributed by atoms with van der Waals surface area (Å²) in [5.41, 5.74) is 0.974. The van der Waals surface area contributed by atoms with Gasteiger partial charge in [0.2, 0.25) is 0 Å². The van der Waals surface area contributed by atoms with Crippen molar-refractivity contribution in [2.24, 2.45) is 0 Å². The molecular weight excluding hydrogens is 322 g/mol. The largest absolute Gasteiger partial charge is 0.353 e. The van der Waals surface area contributed by atoms with E-state index in [2.05, 4.69) is 23.7 Å². The second kappa shape index (κ2) is 5.70. The van der Waals surface area contributed by atoms with Crippen LogP contribution in [-0.2, 0) is 9.73 Å². The third kappa shape index (κ3) is 2.79. The molecule has 0 bridgehead atoms. The second-order valence-electron chi connectivity index (χ2n) is 5.76. The molecule has 6 nitrogen and oxygen atoms in total. The number of halogens is 1. The van der Waals surface area contributed by atoms with Gasteiger partial charge in [-0.3, -0.25) is 9.46 Å². The number of hydrogen-bond acceptors (Lipinski definition) is 5. The van der Waals surface area contributed by atoms with Gasteiger partial charge in [-0.25, -0.2) is 9.19 Å². The van der Waals surface area contributed by atoms with Crippen LogP contribution in [0.3, 0.4) is 0 Å². The zero-order valence-electron chi connectivity index (χ0n) is 12.8. The first kappa shape index (κ1) is 15.6. The minimum absolute atomic E-state index is 0.264. The Hall–Kier alpha value is -1.34. The van der Waals surface area contributed by atoms with Crippen molar-refractivity contribution in [3.8, 4) is 0 Å². The molecule has 3 heterocycles. The van der Waals surface area contributed by atoms with Crippen LogP contribution >= 0.6 is 11.6 Å². The molecule has 0 spiro atoms. The van der Waals surface area contributed by atoms with Crippen LogP contribution in [0.5, 0.6) is 0 Å². The molecule has 0 radical (unpaired) electrons. The molecule has 0 aromatic carbocycles. The van der Waals surface area contributed by atoms with Crippen molar-refractivity contribution in [3.05, 3.63) is 17.4 Å². The number of nitrogens with zero attached hydrogens (tertiary/aromatic N) is 4. The third-order valence-electron chi connectivity index (χ3n) is 4.23. The minimum atomic E-state index is -2.41. The molecule has 1 aliphatic heterocycles. The standard InChI is InChI=1S/C14H20ClN5OS/c1-3-10(2)20-12-8-13(15)17-9-11(12)14(18-20)19-4-6-22(16,21)7-5-19/h8-10,16H,3-7H2,1-2H3. The lowest BCUT2D eigenvalue weighted by atomic mass is 10.2. The van der Waals surface area contributed by atoms with Crippen molar-refractivity contribution >= 4 is 38.1 Å². The lowest BCUT2D eigenvalue weighted by Crippen LogP contribution is -2.40. The predicted molar refractivity (Wildman–Crippen MR) is 90.3 cm³/mol. The molecule has 0 amide bonds. The Kier molecular flexibility index (Phi) is 4.03. The van der Waals surface area contributed by atoms with Crippen molar-refractivity contribution in [2.75, 3.05) is 29.5 Å². The Balaban J connectivity index is 2.06. The van der Waals surface area contributed by atoms with Crippen molar-refractivity contribution in [1.29, 1.82) is 4.78 Å². The summed E-state index contributed by atoms with van der Waals surface area (Å²) in [6, 6.07) is 2.11. The first-order valence-corrected chi connectivity index (χ1v) is 9.71. The van der Waals surface area contributed by atoms with Crippen LogP contribution in [0, 0.1) is 4.78 Å². The maximum absolute atomic E-state index is 11.8. The molecule has 1 aliphatic rings. The highest BCUT2D eigenvalue weighted by Gasteiger charge is 2.24. The lowest BCUT2D eigenvalue weighted by Gasteiger charge is -2.28. The quantitative estimate of drug-likeness (QED) is 0.871. The molecule has 1 unspecified atom stereocenters. The van der Waals surface area contributed by atoms with Gasteiger partial charge in [0.25, 0.3) is 0 Å². The number of fused-ring (bicyclic) bond motifs is 1. The highest BCUT2D eigenvalue weighted by Crippen LogP contribution is 2.30. The summed E-state index contributed by atoms with van der Waals surface area (Å²) in [5.74, 6) is 1.64. The Labute approximate surface area is 135 Å². The first-order chi connectivity index (χ1) is 10.4. The number of rotatable bonds is 3. The Morgan fingerprint density at radius 2 is 2.14 bits per heavy atom. The van der Waals surface area contributed by atoms with Gasteiger partial charge >= 0.3 is 0 Å². The molecule has 1 N–H and O–H groups in total. The molecule has 120 valence electrons. The number of nitrogens with one attached hydrogen (secondary N) is 1. The molecule has 1 saturated heterocycles. The number of pyridine rings is 1. The van der Waals surface area contributed by atoms with Crippen LogP contribution in [0.4, 0.5) is 5.82 Å². The van der Waals surface area contributed by atoms with Gasteiger partial charge in [-0.2, -0.15) is 5.10 Å². The zero-order chi connectivity index (χ0) is 15.9. The number of hydrogen-bond donors (Lipinski definition) is 1. The normalized spacial score (nSPS) is 19.5. The summed E-state index contributed by atoms with van der Waals surface area (Å²) in [5, 5.41) is 6.18. The summed E-state index contributed by atoms with van der Waals surface area (Å²) in [4.78, 5) is 6.29. The molecule has 22 heavy (non-hydrogen) atoms. The third-order valence-corrected chi connectivity index (χ3v) is 6.12.